The van der Waals surface area contributed by atoms with Gasteiger partial charge in [-0.05, 0) is 23.8 Å². The smallest absolute Gasteiger partial charge is 0.238 e. The molecule has 0 radical (unpaired) electrons. The summed E-state index contributed by atoms with van der Waals surface area (Å²) in [5.74, 6) is -0.511. The second-order valence-corrected chi connectivity index (χ2v) is 5.56. The number of nitrogens with one attached hydrogen (secondary N) is 1. The quantitative estimate of drug-likeness (QED) is 0.943. The normalized spacial score (nSPS) is 18.6. The molecule has 1 saturated heterocycles. The lowest BCUT2D eigenvalue weighted by Crippen LogP contribution is -2.42. The van der Waals surface area contributed by atoms with Crippen LogP contribution in [0.15, 0.2) is 54.6 Å². The molecule has 23 heavy (non-hydrogen) atoms. The average molecular weight is 314 g/mol. The molecular weight excluding hydrogens is 295 g/mol. The van der Waals surface area contributed by atoms with Crippen LogP contribution >= 0.6 is 0 Å². The van der Waals surface area contributed by atoms with Gasteiger partial charge in [0.05, 0.1) is 19.3 Å². The van der Waals surface area contributed by atoms with Crippen molar-refractivity contribution in [3.8, 4) is 0 Å². The van der Waals surface area contributed by atoms with Crippen LogP contribution in [0.5, 0.6) is 0 Å². The van der Waals surface area contributed by atoms with Gasteiger partial charge in [-0.1, -0.05) is 36.4 Å². The van der Waals surface area contributed by atoms with Gasteiger partial charge in [-0.2, -0.15) is 0 Å². The first-order valence-electron chi connectivity index (χ1n) is 7.65. The molecular formula is C18H19FN2O2. The number of hydrogen-bond donors (Lipinski definition) is 1. The van der Waals surface area contributed by atoms with Gasteiger partial charge < -0.3 is 10.1 Å². The third-order valence-electron chi connectivity index (χ3n) is 3.80. The van der Waals surface area contributed by atoms with Crippen molar-refractivity contribution in [1.29, 1.82) is 0 Å². The zero-order chi connectivity index (χ0) is 16.1. The third kappa shape index (κ3) is 4.37. The molecule has 0 aliphatic carbocycles. The van der Waals surface area contributed by atoms with Crippen molar-refractivity contribution in [2.45, 2.75) is 6.10 Å². The number of anilines is 1. The van der Waals surface area contributed by atoms with E-state index in [0.717, 1.165) is 5.56 Å². The summed E-state index contributed by atoms with van der Waals surface area (Å²) in [5, 5.41) is 2.72. The van der Waals surface area contributed by atoms with Crippen molar-refractivity contribution in [1.82, 2.24) is 4.90 Å². The van der Waals surface area contributed by atoms with E-state index in [-0.39, 0.29) is 24.4 Å². The first-order valence-corrected chi connectivity index (χ1v) is 7.65. The number of morpholine rings is 1. The van der Waals surface area contributed by atoms with Gasteiger partial charge in [0.15, 0.2) is 0 Å². The molecule has 1 atom stereocenters. The predicted molar refractivity (Wildman–Crippen MR) is 86.6 cm³/mol. The van der Waals surface area contributed by atoms with Gasteiger partial charge in [0.2, 0.25) is 5.91 Å². The second-order valence-electron chi connectivity index (χ2n) is 5.56. The number of carbonyl (C=O) groups excluding carboxylic acids is 1. The Hall–Kier alpha value is -2.24. The first-order chi connectivity index (χ1) is 11.2. The Kier molecular flexibility index (Phi) is 5.00. The van der Waals surface area contributed by atoms with E-state index in [0.29, 0.717) is 25.4 Å². The van der Waals surface area contributed by atoms with Gasteiger partial charge in [0, 0.05) is 18.8 Å². The van der Waals surface area contributed by atoms with Crippen LogP contribution in [0.1, 0.15) is 11.7 Å². The maximum Gasteiger partial charge on any atom is 0.238 e. The van der Waals surface area contributed by atoms with E-state index in [1.165, 1.54) is 12.1 Å². The summed E-state index contributed by atoms with van der Waals surface area (Å²) in [4.78, 5) is 14.2. The molecule has 1 aliphatic rings. The fraction of sp³-hybridized carbons (Fsp3) is 0.278. The minimum Gasteiger partial charge on any atom is -0.371 e. The van der Waals surface area contributed by atoms with Gasteiger partial charge in [-0.25, -0.2) is 4.39 Å². The van der Waals surface area contributed by atoms with E-state index < -0.39 is 0 Å². The molecule has 0 aromatic heterocycles. The van der Waals surface area contributed by atoms with E-state index in [1.807, 2.05) is 30.3 Å². The van der Waals surface area contributed by atoms with Crippen LogP contribution in [-0.4, -0.2) is 37.0 Å². The topological polar surface area (TPSA) is 41.6 Å². The highest BCUT2D eigenvalue weighted by atomic mass is 19.1. The molecule has 1 fully saturated rings. The minimum absolute atomic E-state index is 0.0214. The molecule has 2 aromatic rings. The summed E-state index contributed by atoms with van der Waals surface area (Å²) in [7, 11) is 0. The molecule has 1 amide bonds. The van der Waals surface area contributed by atoms with E-state index in [1.54, 1.807) is 12.1 Å². The van der Waals surface area contributed by atoms with E-state index in [4.69, 9.17) is 4.74 Å². The van der Waals surface area contributed by atoms with Gasteiger partial charge in [0.1, 0.15) is 5.82 Å². The van der Waals surface area contributed by atoms with Crippen molar-refractivity contribution in [2.75, 3.05) is 31.6 Å². The number of rotatable bonds is 4. The summed E-state index contributed by atoms with van der Waals surface area (Å²) in [5.41, 5.74) is 1.59. The maximum atomic E-state index is 13.1. The van der Waals surface area contributed by atoms with Crippen LogP contribution in [-0.2, 0) is 9.53 Å². The molecule has 0 bridgehead atoms. The second kappa shape index (κ2) is 7.35. The van der Waals surface area contributed by atoms with Crippen LogP contribution in [0.4, 0.5) is 10.1 Å². The highest BCUT2D eigenvalue weighted by Crippen LogP contribution is 2.21. The standard InChI is InChI=1S/C18H19FN2O2/c19-15-7-4-8-16(11-15)20-18(22)13-21-9-10-23-17(12-21)14-5-2-1-3-6-14/h1-8,11,17H,9-10,12-13H2,(H,20,22). The lowest BCUT2D eigenvalue weighted by molar-refractivity contribution is -0.119. The largest absolute Gasteiger partial charge is 0.371 e. The summed E-state index contributed by atoms with van der Waals surface area (Å²) >= 11 is 0. The molecule has 3 rings (SSSR count). The molecule has 1 aliphatic heterocycles. The Bertz CT molecular complexity index is 663. The van der Waals surface area contributed by atoms with E-state index in [9.17, 15) is 9.18 Å². The molecule has 5 heteroatoms. The number of amides is 1. The van der Waals surface area contributed by atoms with Crippen molar-refractivity contribution in [3.05, 3.63) is 66.0 Å². The summed E-state index contributed by atoms with van der Waals surface area (Å²) in [6.45, 7) is 2.23. The van der Waals surface area contributed by atoms with Crippen LogP contribution in [0.2, 0.25) is 0 Å². The highest BCUT2D eigenvalue weighted by molar-refractivity contribution is 5.92. The van der Waals surface area contributed by atoms with Gasteiger partial charge in [-0.15, -0.1) is 0 Å². The van der Waals surface area contributed by atoms with Crippen molar-refractivity contribution < 1.29 is 13.9 Å². The zero-order valence-corrected chi connectivity index (χ0v) is 12.7. The number of benzene rings is 2. The van der Waals surface area contributed by atoms with Crippen LogP contribution in [0.3, 0.4) is 0 Å². The maximum absolute atomic E-state index is 13.1. The van der Waals surface area contributed by atoms with Crippen LogP contribution < -0.4 is 5.32 Å². The van der Waals surface area contributed by atoms with Crippen molar-refractivity contribution >= 4 is 11.6 Å². The fourth-order valence-corrected chi connectivity index (χ4v) is 2.69. The van der Waals surface area contributed by atoms with Crippen molar-refractivity contribution in [2.24, 2.45) is 0 Å². The van der Waals surface area contributed by atoms with Crippen LogP contribution in [0.25, 0.3) is 0 Å². The van der Waals surface area contributed by atoms with Crippen LogP contribution in [0, 0.1) is 5.82 Å². The fourth-order valence-electron chi connectivity index (χ4n) is 2.69. The summed E-state index contributed by atoms with van der Waals surface area (Å²) in [6.07, 6.45) is -0.0214. The molecule has 1 unspecified atom stereocenters. The van der Waals surface area contributed by atoms with E-state index >= 15 is 0 Å². The Balaban J connectivity index is 1.56. The zero-order valence-electron chi connectivity index (χ0n) is 12.7. The molecule has 0 spiro atoms. The van der Waals surface area contributed by atoms with E-state index in [2.05, 4.69) is 10.2 Å². The van der Waals surface area contributed by atoms with Gasteiger partial charge >= 0.3 is 0 Å². The minimum atomic E-state index is -0.363. The number of carbonyl (C=O) groups is 1. The Morgan fingerprint density at radius 2 is 2.04 bits per heavy atom. The monoisotopic (exact) mass is 314 g/mol. The number of halogens is 1. The summed E-state index contributed by atoms with van der Waals surface area (Å²) in [6, 6.07) is 15.9. The molecule has 1 N–H and O–H groups in total. The molecule has 4 nitrogen and oxygen atoms in total. The van der Waals surface area contributed by atoms with Gasteiger partial charge in [0.25, 0.3) is 0 Å². The summed E-state index contributed by atoms with van der Waals surface area (Å²) < 4.78 is 18.9. The SMILES string of the molecule is O=C(CN1CCOC(c2ccccc2)C1)Nc1cccc(F)c1. The molecule has 120 valence electrons. The van der Waals surface area contributed by atoms with Gasteiger partial charge in [-0.3, -0.25) is 9.69 Å². The lowest BCUT2D eigenvalue weighted by atomic mass is 10.1. The average Bonchev–Trinajstić information content (AvgIpc) is 2.56. The number of hydrogen-bond acceptors (Lipinski definition) is 3. The lowest BCUT2D eigenvalue weighted by Gasteiger charge is -2.32. The Morgan fingerprint density at radius 1 is 1.22 bits per heavy atom. The molecule has 2 aromatic carbocycles. The Morgan fingerprint density at radius 3 is 2.83 bits per heavy atom. The Labute approximate surface area is 134 Å². The number of ether oxygens (including phenoxy) is 1. The first kappa shape index (κ1) is 15.6. The predicted octanol–water partition coefficient (Wildman–Crippen LogP) is 2.84. The van der Waals surface area contributed by atoms with Crippen molar-refractivity contribution in [3.63, 3.8) is 0 Å². The third-order valence-corrected chi connectivity index (χ3v) is 3.80. The number of nitrogens with zero attached hydrogens (tertiary/aromatic N) is 1. The molecule has 0 saturated carbocycles. The molecule has 1 heterocycles. The highest BCUT2D eigenvalue weighted by Gasteiger charge is 2.23.